The maximum atomic E-state index is 12.7. The molecule has 176 valence electrons. The Hall–Kier alpha value is -3.48. The Morgan fingerprint density at radius 3 is 0.727 bits per heavy atom. The number of hydrogen-bond donors (Lipinski definition) is 0. The van der Waals surface area contributed by atoms with Crippen molar-refractivity contribution >= 4 is 47.3 Å². The quantitative estimate of drug-likeness (QED) is 0.449. The zero-order valence-electron chi connectivity index (χ0n) is 18.1. The van der Waals surface area contributed by atoms with Gasteiger partial charge < -0.3 is 0 Å². The zero-order valence-corrected chi connectivity index (χ0v) is 18.1. The fraction of sp³-hybridized carbons (Fsp3) is 0.600. The molecule has 33 heavy (non-hydrogen) atoms. The third-order valence-corrected chi connectivity index (χ3v) is 6.25. The van der Waals surface area contributed by atoms with Crippen molar-refractivity contribution in [3.05, 3.63) is 0 Å². The molecule has 0 spiro atoms. The molecule has 8 amide bonds. The monoisotopic (exact) mass is 462 g/mol. The summed E-state index contributed by atoms with van der Waals surface area (Å²) in [6, 6.07) is 0. The molecule has 4 aliphatic rings. The standard InChI is InChI=1S/C20H22N4O9/c1-19(21-11(25)3-4-12(21)26,22-13(27)5-6-14(22)28)33-20(2,23-15(29)7-8-16(23)30)24-17(31)9-10-18(24)32/h3-10H2,1-2H3. The second kappa shape index (κ2) is 7.54. The van der Waals surface area contributed by atoms with Gasteiger partial charge in [-0.2, -0.15) is 0 Å². The van der Waals surface area contributed by atoms with Crippen molar-refractivity contribution in [1.29, 1.82) is 0 Å². The van der Waals surface area contributed by atoms with Gasteiger partial charge in [-0.05, 0) is 0 Å². The van der Waals surface area contributed by atoms with Crippen molar-refractivity contribution < 1.29 is 43.1 Å². The van der Waals surface area contributed by atoms with E-state index in [-0.39, 0.29) is 51.4 Å². The number of rotatable bonds is 6. The van der Waals surface area contributed by atoms with Crippen molar-refractivity contribution in [2.75, 3.05) is 0 Å². The van der Waals surface area contributed by atoms with Crippen LogP contribution in [-0.2, 0) is 43.1 Å². The first kappa shape index (κ1) is 22.7. The summed E-state index contributed by atoms with van der Waals surface area (Å²) in [7, 11) is 0. The van der Waals surface area contributed by atoms with E-state index in [9.17, 15) is 38.4 Å². The van der Waals surface area contributed by atoms with E-state index in [0.717, 1.165) is 13.8 Å². The summed E-state index contributed by atoms with van der Waals surface area (Å²) in [4.78, 5) is 104. The highest BCUT2D eigenvalue weighted by Crippen LogP contribution is 2.41. The lowest BCUT2D eigenvalue weighted by Crippen LogP contribution is -2.73. The Morgan fingerprint density at radius 2 is 0.576 bits per heavy atom. The van der Waals surface area contributed by atoms with Gasteiger partial charge in [0.25, 0.3) is 0 Å². The van der Waals surface area contributed by atoms with E-state index < -0.39 is 59.0 Å². The highest BCUT2D eigenvalue weighted by molar-refractivity contribution is 6.08. The summed E-state index contributed by atoms with van der Waals surface area (Å²) in [6.07, 6.45) is -1.72. The largest absolute Gasteiger partial charge is 0.291 e. The minimum Gasteiger partial charge on any atom is -0.291 e. The predicted molar refractivity (Wildman–Crippen MR) is 102 cm³/mol. The third-order valence-electron chi connectivity index (χ3n) is 6.25. The third kappa shape index (κ3) is 3.25. The molecule has 0 bridgehead atoms. The van der Waals surface area contributed by atoms with Gasteiger partial charge in [0.1, 0.15) is 0 Å². The van der Waals surface area contributed by atoms with E-state index in [4.69, 9.17) is 4.74 Å². The molecule has 0 aromatic rings. The summed E-state index contributed by atoms with van der Waals surface area (Å²) in [5.41, 5.74) is 0. The number of carbonyl (C=O) groups excluding carboxylic acids is 8. The van der Waals surface area contributed by atoms with Crippen molar-refractivity contribution in [3.63, 3.8) is 0 Å². The molecule has 0 aliphatic carbocycles. The minimum atomic E-state index is -2.43. The molecule has 4 saturated heterocycles. The van der Waals surface area contributed by atoms with Crippen molar-refractivity contribution in [2.24, 2.45) is 0 Å². The first-order valence-electron chi connectivity index (χ1n) is 10.6. The molecule has 13 heteroatoms. The summed E-state index contributed by atoms with van der Waals surface area (Å²) in [5, 5.41) is 0. The number of ether oxygens (including phenoxy) is 1. The second-order valence-electron chi connectivity index (χ2n) is 8.46. The Labute approximate surface area is 187 Å². The van der Waals surface area contributed by atoms with Gasteiger partial charge in [0.2, 0.25) is 59.0 Å². The minimum absolute atomic E-state index is 0.214. The van der Waals surface area contributed by atoms with E-state index in [1.165, 1.54) is 0 Å². The molecule has 4 aliphatic heterocycles. The van der Waals surface area contributed by atoms with Crippen LogP contribution in [-0.4, -0.2) is 78.6 Å². The van der Waals surface area contributed by atoms with Gasteiger partial charge in [-0.1, -0.05) is 0 Å². The van der Waals surface area contributed by atoms with E-state index in [1.54, 1.807) is 0 Å². The molecular formula is C20H22N4O9. The molecule has 0 saturated carbocycles. The van der Waals surface area contributed by atoms with E-state index >= 15 is 0 Å². The smallest absolute Gasteiger partial charge is 0.239 e. The average molecular weight is 462 g/mol. The molecule has 0 radical (unpaired) electrons. The van der Waals surface area contributed by atoms with Crippen LogP contribution >= 0.6 is 0 Å². The first-order chi connectivity index (χ1) is 15.4. The summed E-state index contributed by atoms with van der Waals surface area (Å²) in [5.74, 6) is -10.9. The topological polar surface area (TPSA) is 159 Å². The van der Waals surface area contributed by atoms with E-state index in [1.807, 2.05) is 0 Å². The van der Waals surface area contributed by atoms with E-state index in [2.05, 4.69) is 0 Å². The van der Waals surface area contributed by atoms with Crippen LogP contribution in [0.5, 0.6) is 0 Å². The molecular weight excluding hydrogens is 440 g/mol. The fourth-order valence-corrected chi connectivity index (χ4v) is 4.91. The predicted octanol–water partition coefficient (Wildman–Crippen LogP) is -1.05. The summed E-state index contributed by atoms with van der Waals surface area (Å²) >= 11 is 0. The molecule has 0 atom stereocenters. The second-order valence-corrected chi connectivity index (χ2v) is 8.46. The summed E-state index contributed by atoms with van der Waals surface area (Å²) < 4.78 is 6.06. The van der Waals surface area contributed by atoms with Crippen LogP contribution in [0.1, 0.15) is 65.2 Å². The number of imide groups is 4. The maximum absolute atomic E-state index is 12.7. The highest BCUT2D eigenvalue weighted by atomic mass is 16.6. The first-order valence-corrected chi connectivity index (χ1v) is 10.6. The number of carbonyl (C=O) groups is 8. The molecule has 0 aromatic heterocycles. The van der Waals surface area contributed by atoms with Gasteiger partial charge in [0.05, 0.1) is 0 Å². The lowest BCUT2D eigenvalue weighted by atomic mass is 10.2. The molecule has 0 aromatic carbocycles. The molecule has 4 rings (SSSR count). The van der Waals surface area contributed by atoms with Crippen molar-refractivity contribution in [3.8, 4) is 0 Å². The number of nitrogens with zero attached hydrogens (tertiary/aromatic N) is 4. The van der Waals surface area contributed by atoms with E-state index in [0.29, 0.717) is 19.6 Å². The molecule has 0 N–H and O–H groups in total. The lowest BCUT2D eigenvalue weighted by Gasteiger charge is -2.51. The Morgan fingerprint density at radius 1 is 0.424 bits per heavy atom. The van der Waals surface area contributed by atoms with Gasteiger partial charge >= 0.3 is 0 Å². The highest BCUT2D eigenvalue weighted by Gasteiger charge is 2.62. The lowest BCUT2D eigenvalue weighted by molar-refractivity contribution is -0.312. The van der Waals surface area contributed by atoms with Gasteiger partial charge in [-0.15, -0.1) is 0 Å². The fourth-order valence-electron chi connectivity index (χ4n) is 4.91. The van der Waals surface area contributed by atoms with Crippen LogP contribution in [0.3, 0.4) is 0 Å². The Kier molecular flexibility index (Phi) is 5.19. The Bertz CT molecular complexity index is 819. The van der Waals surface area contributed by atoms with Crippen LogP contribution in [0.4, 0.5) is 0 Å². The van der Waals surface area contributed by atoms with Gasteiger partial charge in [-0.3, -0.25) is 43.1 Å². The van der Waals surface area contributed by atoms with Crippen molar-refractivity contribution in [1.82, 2.24) is 19.6 Å². The van der Waals surface area contributed by atoms with Gasteiger partial charge in [0, 0.05) is 65.2 Å². The molecule has 4 fully saturated rings. The SMILES string of the molecule is CC(OC(C)(N1C(=O)CCC1=O)N1C(=O)CCC1=O)(N1C(=O)CCC1=O)N1C(=O)CCC1=O. The maximum Gasteiger partial charge on any atom is 0.239 e. The molecule has 4 heterocycles. The number of hydrogen-bond acceptors (Lipinski definition) is 9. The molecule has 0 unspecified atom stereocenters. The average Bonchev–Trinajstić information content (AvgIpc) is 3.44. The van der Waals surface area contributed by atoms with Crippen LogP contribution in [0.15, 0.2) is 0 Å². The van der Waals surface area contributed by atoms with Crippen LogP contribution < -0.4 is 0 Å². The van der Waals surface area contributed by atoms with Crippen LogP contribution in [0.25, 0.3) is 0 Å². The number of amides is 8. The summed E-state index contributed by atoms with van der Waals surface area (Å²) in [6.45, 7) is 2.20. The normalized spacial score (nSPS) is 22.8. The van der Waals surface area contributed by atoms with Gasteiger partial charge in [0.15, 0.2) is 0 Å². The van der Waals surface area contributed by atoms with Gasteiger partial charge in [-0.25, -0.2) is 19.6 Å². The molecule has 13 nitrogen and oxygen atoms in total. The van der Waals surface area contributed by atoms with Crippen LogP contribution in [0.2, 0.25) is 0 Å². The number of likely N-dealkylation sites (tertiary alicyclic amines) is 4. The van der Waals surface area contributed by atoms with Crippen molar-refractivity contribution in [2.45, 2.75) is 76.9 Å². The Balaban J connectivity index is 1.90. The van der Waals surface area contributed by atoms with Crippen LogP contribution in [0, 0.1) is 0 Å². The zero-order chi connectivity index (χ0) is 24.3.